The third kappa shape index (κ3) is 3.43. The minimum absolute atomic E-state index is 0.153. The average molecular weight is 362 g/mol. The quantitative estimate of drug-likeness (QED) is 0.776. The number of aromatic nitrogens is 2. The van der Waals surface area contributed by atoms with Crippen molar-refractivity contribution in [3.8, 4) is 0 Å². The van der Waals surface area contributed by atoms with Crippen molar-refractivity contribution in [2.24, 2.45) is 7.05 Å². The van der Waals surface area contributed by atoms with Crippen molar-refractivity contribution in [2.75, 3.05) is 11.4 Å². The number of benzene rings is 2. The maximum atomic E-state index is 12.5. The van der Waals surface area contributed by atoms with E-state index in [0.717, 1.165) is 41.9 Å². The Morgan fingerprint density at radius 3 is 2.63 bits per heavy atom. The van der Waals surface area contributed by atoms with Gasteiger partial charge in [0.05, 0.1) is 17.6 Å². The number of hydrogen-bond donors (Lipinski definition) is 1. The van der Waals surface area contributed by atoms with Crippen LogP contribution >= 0.6 is 0 Å². The molecule has 1 saturated heterocycles. The molecule has 3 aromatic rings. The summed E-state index contributed by atoms with van der Waals surface area (Å²) in [6.07, 6.45) is 2.57. The summed E-state index contributed by atoms with van der Waals surface area (Å²) in [6.45, 7) is 1.10. The zero-order valence-electron chi connectivity index (χ0n) is 15.3. The summed E-state index contributed by atoms with van der Waals surface area (Å²) in [5.41, 5.74) is 3.38. The molecule has 2 aromatic carbocycles. The van der Waals surface area contributed by atoms with Crippen LogP contribution in [0.3, 0.4) is 0 Å². The van der Waals surface area contributed by atoms with Gasteiger partial charge in [-0.15, -0.1) is 0 Å². The lowest BCUT2D eigenvalue weighted by atomic mass is 10.1. The summed E-state index contributed by atoms with van der Waals surface area (Å²) >= 11 is 0. The zero-order valence-corrected chi connectivity index (χ0v) is 15.3. The molecule has 1 aromatic heterocycles. The fourth-order valence-electron chi connectivity index (χ4n) is 3.49. The van der Waals surface area contributed by atoms with Crippen LogP contribution < -0.4 is 10.2 Å². The molecule has 1 aliphatic heterocycles. The average Bonchev–Trinajstić information content (AvgIpc) is 3.03. The molecule has 6 nitrogen and oxygen atoms in total. The maximum Gasteiger partial charge on any atom is 0.251 e. The molecule has 0 saturated carbocycles. The number of imidazole rings is 1. The Bertz CT molecular complexity index is 991. The topological polar surface area (TPSA) is 67.2 Å². The standard InChI is InChI=1S/C21H22N4O2/c1-24-18-7-3-2-6-17(18)23-19(24)14-22-21(27)15-9-11-16(12-10-15)25-13-5-4-8-20(25)26/h2-3,6-7,9-12H,4-5,8,13-14H2,1H3,(H,22,27). The Balaban J connectivity index is 1.43. The molecule has 27 heavy (non-hydrogen) atoms. The summed E-state index contributed by atoms with van der Waals surface area (Å²) in [5.74, 6) is 0.805. The van der Waals surface area contributed by atoms with Crippen LogP contribution in [0, 0.1) is 0 Å². The van der Waals surface area contributed by atoms with Gasteiger partial charge in [0.1, 0.15) is 5.82 Å². The monoisotopic (exact) mass is 362 g/mol. The van der Waals surface area contributed by atoms with Crippen LogP contribution in [-0.4, -0.2) is 27.9 Å². The van der Waals surface area contributed by atoms with Crippen LogP contribution in [0.5, 0.6) is 0 Å². The van der Waals surface area contributed by atoms with Gasteiger partial charge in [0, 0.05) is 31.3 Å². The summed E-state index contributed by atoms with van der Waals surface area (Å²) in [7, 11) is 1.95. The van der Waals surface area contributed by atoms with E-state index < -0.39 is 0 Å². The molecule has 0 spiro atoms. The van der Waals surface area contributed by atoms with Crippen LogP contribution in [0.15, 0.2) is 48.5 Å². The molecule has 0 bridgehead atoms. The Labute approximate surface area is 157 Å². The van der Waals surface area contributed by atoms with Crippen molar-refractivity contribution in [1.29, 1.82) is 0 Å². The first-order valence-corrected chi connectivity index (χ1v) is 9.22. The normalized spacial score (nSPS) is 14.6. The van der Waals surface area contributed by atoms with Crippen molar-refractivity contribution in [3.63, 3.8) is 0 Å². The van der Waals surface area contributed by atoms with Crippen LogP contribution in [0.25, 0.3) is 11.0 Å². The van der Waals surface area contributed by atoms with E-state index in [4.69, 9.17) is 0 Å². The van der Waals surface area contributed by atoms with Crippen molar-refractivity contribution < 1.29 is 9.59 Å². The Hall–Kier alpha value is -3.15. The van der Waals surface area contributed by atoms with Gasteiger partial charge in [-0.2, -0.15) is 0 Å². The van der Waals surface area contributed by atoms with E-state index in [0.29, 0.717) is 18.5 Å². The van der Waals surface area contributed by atoms with E-state index in [1.807, 2.05) is 48.0 Å². The lowest BCUT2D eigenvalue weighted by molar-refractivity contribution is -0.119. The van der Waals surface area contributed by atoms with Crippen molar-refractivity contribution in [1.82, 2.24) is 14.9 Å². The Morgan fingerprint density at radius 1 is 1.11 bits per heavy atom. The number of piperidine rings is 1. The predicted molar refractivity (Wildman–Crippen MR) is 105 cm³/mol. The number of anilines is 1. The number of carbonyl (C=O) groups is 2. The second-order valence-electron chi connectivity index (χ2n) is 6.81. The molecule has 0 aliphatic carbocycles. The first-order chi connectivity index (χ1) is 13.1. The van der Waals surface area contributed by atoms with E-state index >= 15 is 0 Å². The zero-order chi connectivity index (χ0) is 18.8. The number of fused-ring (bicyclic) bond motifs is 1. The highest BCUT2D eigenvalue weighted by atomic mass is 16.2. The summed E-state index contributed by atoms with van der Waals surface area (Å²) in [4.78, 5) is 30.8. The highest BCUT2D eigenvalue weighted by Gasteiger charge is 2.19. The lowest BCUT2D eigenvalue weighted by Gasteiger charge is -2.26. The number of rotatable bonds is 4. The number of carbonyl (C=O) groups excluding carboxylic acids is 2. The van der Waals surface area contributed by atoms with Gasteiger partial charge in [-0.25, -0.2) is 4.98 Å². The SMILES string of the molecule is Cn1c(CNC(=O)c2ccc(N3CCCCC3=O)cc2)nc2ccccc21. The molecule has 0 unspecified atom stereocenters. The molecule has 0 radical (unpaired) electrons. The van der Waals surface area contributed by atoms with E-state index in [9.17, 15) is 9.59 Å². The third-order valence-corrected chi connectivity index (χ3v) is 5.05. The van der Waals surface area contributed by atoms with Gasteiger partial charge in [-0.3, -0.25) is 9.59 Å². The van der Waals surface area contributed by atoms with Gasteiger partial charge in [-0.05, 0) is 49.2 Å². The number of nitrogens with one attached hydrogen (secondary N) is 1. The van der Waals surface area contributed by atoms with Gasteiger partial charge in [-0.1, -0.05) is 12.1 Å². The molecule has 6 heteroatoms. The summed E-state index contributed by atoms with van der Waals surface area (Å²) in [5, 5.41) is 2.92. The van der Waals surface area contributed by atoms with Gasteiger partial charge in [0.15, 0.2) is 0 Å². The molecular weight excluding hydrogens is 340 g/mol. The minimum atomic E-state index is -0.154. The van der Waals surface area contributed by atoms with E-state index in [1.165, 1.54) is 0 Å². The molecule has 1 N–H and O–H groups in total. The second-order valence-corrected chi connectivity index (χ2v) is 6.81. The second kappa shape index (κ2) is 7.23. The number of para-hydroxylation sites is 2. The Kier molecular flexibility index (Phi) is 4.62. The van der Waals surface area contributed by atoms with Crippen molar-refractivity contribution in [2.45, 2.75) is 25.8 Å². The van der Waals surface area contributed by atoms with Gasteiger partial charge in [0.2, 0.25) is 5.91 Å². The fourth-order valence-corrected chi connectivity index (χ4v) is 3.49. The van der Waals surface area contributed by atoms with Gasteiger partial charge >= 0.3 is 0 Å². The maximum absolute atomic E-state index is 12.5. The number of hydrogen-bond acceptors (Lipinski definition) is 3. The van der Waals surface area contributed by atoms with Gasteiger partial charge in [0.25, 0.3) is 5.91 Å². The number of nitrogens with zero attached hydrogens (tertiary/aromatic N) is 3. The molecular formula is C21H22N4O2. The molecule has 4 rings (SSSR count). The number of aryl methyl sites for hydroxylation is 1. The fraction of sp³-hybridized carbons (Fsp3) is 0.286. The minimum Gasteiger partial charge on any atom is -0.345 e. The van der Waals surface area contributed by atoms with Crippen molar-refractivity contribution in [3.05, 3.63) is 59.9 Å². The molecule has 2 amide bonds. The van der Waals surface area contributed by atoms with Crippen LogP contribution in [0.2, 0.25) is 0 Å². The third-order valence-electron chi connectivity index (χ3n) is 5.05. The first kappa shape index (κ1) is 17.3. The molecule has 0 atom stereocenters. The smallest absolute Gasteiger partial charge is 0.251 e. The Morgan fingerprint density at radius 2 is 1.89 bits per heavy atom. The summed E-state index contributed by atoms with van der Waals surface area (Å²) in [6, 6.07) is 15.1. The van der Waals surface area contributed by atoms with Crippen LogP contribution in [0.1, 0.15) is 35.4 Å². The molecule has 1 fully saturated rings. The van der Waals surface area contributed by atoms with Crippen LogP contribution in [0.4, 0.5) is 5.69 Å². The van der Waals surface area contributed by atoms with Crippen molar-refractivity contribution >= 4 is 28.5 Å². The molecule has 1 aliphatic rings. The van der Waals surface area contributed by atoms with Gasteiger partial charge < -0.3 is 14.8 Å². The van der Waals surface area contributed by atoms with E-state index in [-0.39, 0.29) is 11.8 Å². The largest absolute Gasteiger partial charge is 0.345 e. The lowest BCUT2D eigenvalue weighted by Crippen LogP contribution is -2.35. The highest BCUT2D eigenvalue weighted by Crippen LogP contribution is 2.21. The molecule has 138 valence electrons. The highest BCUT2D eigenvalue weighted by molar-refractivity contribution is 5.97. The van der Waals surface area contributed by atoms with E-state index in [1.54, 1.807) is 17.0 Å². The first-order valence-electron chi connectivity index (χ1n) is 9.22. The van der Waals surface area contributed by atoms with Crippen LogP contribution in [-0.2, 0) is 18.4 Å². The van der Waals surface area contributed by atoms with E-state index in [2.05, 4.69) is 10.3 Å². The predicted octanol–water partition coefficient (Wildman–Crippen LogP) is 3.02. The summed E-state index contributed by atoms with van der Waals surface area (Å²) < 4.78 is 1.99. The molecule has 2 heterocycles. The number of amides is 2.